The van der Waals surface area contributed by atoms with Crippen LogP contribution in [0.25, 0.3) is 21.9 Å². The van der Waals surface area contributed by atoms with E-state index in [4.69, 9.17) is 56.8 Å². The molecule has 0 aliphatic carbocycles. The molecule has 5 atom stereocenters. The maximum absolute atomic E-state index is 15.1. The molecule has 0 N–H and O–H groups in total. The average Bonchev–Trinajstić information content (AvgIpc) is 3.24. The molecule has 1 heterocycles. The van der Waals surface area contributed by atoms with E-state index in [-0.39, 0.29) is 68.5 Å². The second kappa shape index (κ2) is 20.8. The molecule has 5 unspecified atom stereocenters. The molecular formula is C43H52O18. The Morgan fingerprint density at radius 1 is 0.623 bits per heavy atom. The predicted octanol–water partition coefficient (Wildman–Crippen LogP) is 5.42. The molecule has 1 aliphatic heterocycles. The molecule has 1 aliphatic rings. The third kappa shape index (κ3) is 9.85. The van der Waals surface area contributed by atoms with Crippen LogP contribution in [0.4, 0.5) is 0 Å². The maximum Gasteiger partial charge on any atom is 0.339 e. The van der Waals surface area contributed by atoms with E-state index in [9.17, 15) is 24.0 Å². The van der Waals surface area contributed by atoms with Gasteiger partial charge in [0.2, 0.25) is 18.1 Å². The zero-order valence-electron chi connectivity index (χ0n) is 36.2. The summed E-state index contributed by atoms with van der Waals surface area (Å²) in [6.45, 7) is 6.95. The van der Waals surface area contributed by atoms with Gasteiger partial charge < -0.3 is 56.8 Å². The van der Waals surface area contributed by atoms with E-state index in [1.807, 2.05) is 13.8 Å². The summed E-state index contributed by atoms with van der Waals surface area (Å²) in [5.41, 5.74) is -0.163. The average molecular weight is 857 g/mol. The lowest BCUT2D eigenvalue weighted by molar-refractivity contribution is -0.282. The molecule has 0 spiro atoms. The second-order valence-corrected chi connectivity index (χ2v) is 13.7. The highest BCUT2D eigenvalue weighted by molar-refractivity contribution is 6.22. The molecule has 0 radical (unpaired) electrons. The third-order valence-electron chi connectivity index (χ3n) is 10.1. The quantitative estimate of drug-likeness (QED) is 0.0888. The van der Waals surface area contributed by atoms with Gasteiger partial charge >= 0.3 is 29.8 Å². The zero-order chi connectivity index (χ0) is 45.3. The van der Waals surface area contributed by atoms with Crippen LogP contribution in [-0.4, -0.2) is 116 Å². The van der Waals surface area contributed by atoms with Crippen LogP contribution in [0.2, 0.25) is 0 Å². The van der Waals surface area contributed by atoms with E-state index in [1.54, 1.807) is 18.2 Å². The van der Waals surface area contributed by atoms with Gasteiger partial charge in [0, 0.05) is 43.5 Å². The van der Waals surface area contributed by atoms with Crippen LogP contribution in [-0.2, 0) is 47.6 Å². The van der Waals surface area contributed by atoms with Crippen molar-refractivity contribution >= 4 is 46.4 Å². The molecule has 61 heavy (non-hydrogen) atoms. The smallest absolute Gasteiger partial charge is 0.339 e. The van der Waals surface area contributed by atoms with Crippen molar-refractivity contribution in [2.75, 3.05) is 49.8 Å². The van der Waals surface area contributed by atoms with Crippen LogP contribution >= 0.6 is 0 Å². The van der Waals surface area contributed by atoms with Crippen molar-refractivity contribution in [3.8, 4) is 45.6 Å². The zero-order valence-corrected chi connectivity index (χ0v) is 36.2. The molecule has 0 saturated carbocycles. The Bertz CT molecular complexity index is 2140. The lowest BCUT2D eigenvalue weighted by Crippen LogP contribution is -2.64. The van der Waals surface area contributed by atoms with Gasteiger partial charge in [-0.1, -0.05) is 32.8 Å². The van der Waals surface area contributed by atoms with Gasteiger partial charge in [0.1, 0.15) is 5.75 Å². The number of fused-ring (bicyclic) bond motifs is 1. The first-order chi connectivity index (χ1) is 29.1. The maximum atomic E-state index is 15.1. The van der Waals surface area contributed by atoms with Gasteiger partial charge in [0.25, 0.3) is 0 Å². The molecular weight excluding hydrogens is 804 g/mol. The van der Waals surface area contributed by atoms with Gasteiger partial charge in [-0.15, -0.1) is 0 Å². The van der Waals surface area contributed by atoms with Gasteiger partial charge in [-0.2, -0.15) is 0 Å². The highest BCUT2D eigenvalue weighted by Crippen LogP contribution is 2.54. The molecule has 18 nitrogen and oxygen atoms in total. The van der Waals surface area contributed by atoms with Crippen LogP contribution in [0.3, 0.4) is 0 Å². The summed E-state index contributed by atoms with van der Waals surface area (Å²) in [4.78, 5) is 80.7. The van der Waals surface area contributed by atoms with E-state index in [1.165, 1.54) is 41.6 Å². The van der Waals surface area contributed by atoms with Crippen LogP contribution < -0.4 is 28.4 Å². The van der Waals surface area contributed by atoms with E-state index in [0.29, 0.717) is 24.2 Å². The third-order valence-corrected chi connectivity index (χ3v) is 10.1. The van der Waals surface area contributed by atoms with Crippen molar-refractivity contribution in [1.82, 2.24) is 0 Å². The number of Topliss-reactive ketones (excluding diaryl/α,β-unsaturated/α-hetero) is 1. The Kier molecular flexibility index (Phi) is 16.1. The highest BCUT2D eigenvalue weighted by Gasteiger charge is 2.56. The normalized spacial score (nSPS) is 18.3. The van der Waals surface area contributed by atoms with E-state index < -0.39 is 66.3 Å². The van der Waals surface area contributed by atoms with Crippen LogP contribution in [0.15, 0.2) is 24.3 Å². The summed E-state index contributed by atoms with van der Waals surface area (Å²) in [5, 5.41) is 0.186. The van der Waals surface area contributed by atoms with E-state index >= 15 is 4.79 Å². The Hall–Kier alpha value is -6.30. The van der Waals surface area contributed by atoms with Crippen molar-refractivity contribution in [2.24, 2.45) is 5.92 Å². The number of carbonyl (C=O) groups excluding carboxylic acids is 6. The lowest BCUT2D eigenvalue weighted by atomic mass is 9.84. The summed E-state index contributed by atoms with van der Waals surface area (Å²) in [6, 6.07) is 6.30. The molecule has 1 fully saturated rings. The first kappa shape index (κ1) is 47.4. The second-order valence-electron chi connectivity index (χ2n) is 13.7. The molecule has 18 heteroatoms. The number of benzene rings is 3. The van der Waals surface area contributed by atoms with Crippen molar-refractivity contribution < 1.29 is 85.6 Å². The van der Waals surface area contributed by atoms with Gasteiger partial charge in [-0.3, -0.25) is 19.2 Å². The number of hydrogen-bond donors (Lipinski definition) is 0. The van der Waals surface area contributed by atoms with E-state index in [2.05, 4.69) is 0 Å². The summed E-state index contributed by atoms with van der Waals surface area (Å²) in [5.74, 6) is -5.17. The van der Waals surface area contributed by atoms with Crippen molar-refractivity contribution in [3.63, 3.8) is 0 Å². The SMILES string of the molecule is CCC(CC)CC(=O)c1c(C(=O)OC)c(-c2ccc(OC)c(OC)c2)c2c(OC)c(OC)c(OC)cc2c1OC1OC(C(=O)OC)C(OC(C)=O)C(OC(C)=O)C1OC(C)=O. The highest BCUT2D eigenvalue weighted by atomic mass is 16.7. The Morgan fingerprint density at radius 2 is 1.20 bits per heavy atom. The molecule has 1 saturated heterocycles. The van der Waals surface area contributed by atoms with Crippen LogP contribution in [0, 0.1) is 5.92 Å². The van der Waals surface area contributed by atoms with E-state index in [0.717, 1.165) is 35.0 Å². The molecule has 3 aromatic carbocycles. The predicted molar refractivity (Wildman–Crippen MR) is 214 cm³/mol. The first-order valence-corrected chi connectivity index (χ1v) is 19.2. The van der Waals surface area contributed by atoms with Gasteiger partial charge in [-0.05, 0) is 29.7 Å². The minimum absolute atomic E-state index is 0.0110. The number of carbonyl (C=O) groups is 6. The fourth-order valence-electron chi connectivity index (χ4n) is 7.29. The fraction of sp³-hybridized carbons (Fsp3) is 0.488. The van der Waals surface area contributed by atoms with Crippen molar-refractivity contribution in [3.05, 3.63) is 35.4 Å². The molecule has 4 rings (SSSR count). The number of ether oxygens (including phenoxy) is 12. The monoisotopic (exact) mass is 856 g/mol. The minimum atomic E-state index is -1.96. The summed E-state index contributed by atoms with van der Waals surface area (Å²) in [7, 11) is 9.13. The van der Waals surface area contributed by atoms with Crippen molar-refractivity contribution in [1.29, 1.82) is 0 Å². The summed E-state index contributed by atoms with van der Waals surface area (Å²) >= 11 is 0. The standard InChI is InChI=1S/C43H52O18/c1-13-23(14-2)17-26(47)32-33(41(48)55-11)30(24-15-16-27(50-6)28(18-24)51-7)31-25(19-29(52-8)35(53-9)36(31)54-10)34(32)60-43-40(59-22(5)46)38(58-21(4)45)37(57-20(3)44)39(61-43)42(49)56-12/h15-16,18-19,23,37-40,43H,13-14,17H2,1-12H3. The molecule has 0 aromatic heterocycles. The molecule has 0 amide bonds. The molecule has 3 aromatic rings. The summed E-state index contributed by atoms with van der Waals surface area (Å²) in [6.07, 6.45) is -8.01. The Balaban J connectivity index is 2.32. The molecule has 0 bridgehead atoms. The lowest BCUT2D eigenvalue weighted by Gasteiger charge is -2.43. The Labute approximate surface area is 352 Å². The number of methoxy groups -OCH3 is 7. The number of hydrogen-bond acceptors (Lipinski definition) is 18. The number of rotatable bonds is 18. The van der Waals surface area contributed by atoms with Gasteiger partial charge in [-0.25, -0.2) is 9.59 Å². The Morgan fingerprint density at radius 3 is 1.70 bits per heavy atom. The largest absolute Gasteiger partial charge is 0.493 e. The van der Waals surface area contributed by atoms with Crippen molar-refractivity contribution in [2.45, 2.75) is 84.6 Å². The topological polar surface area (TPSA) is 213 Å². The molecule has 332 valence electrons. The van der Waals surface area contributed by atoms with Crippen LogP contribution in [0.1, 0.15) is 74.6 Å². The van der Waals surface area contributed by atoms with Gasteiger partial charge in [0.05, 0.1) is 60.9 Å². The minimum Gasteiger partial charge on any atom is -0.493 e. The number of esters is 5. The first-order valence-electron chi connectivity index (χ1n) is 19.2. The fourth-order valence-corrected chi connectivity index (χ4v) is 7.29. The van der Waals surface area contributed by atoms with Crippen LogP contribution in [0.5, 0.6) is 34.5 Å². The summed E-state index contributed by atoms with van der Waals surface area (Å²) < 4.78 is 68.6. The van der Waals surface area contributed by atoms with Gasteiger partial charge in [0.15, 0.2) is 47.1 Å². The number of ketones is 1.